The van der Waals surface area contributed by atoms with E-state index in [9.17, 15) is 18.0 Å². The Hall–Kier alpha value is -1.64. The van der Waals surface area contributed by atoms with E-state index in [-0.39, 0.29) is 35.1 Å². The summed E-state index contributed by atoms with van der Waals surface area (Å²) in [5, 5.41) is 9.21. The molecule has 9 heteroatoms. The summed E-state index contributed by atoms with van der Waals surface area (Å²) in [5.41, 5.74) is 0.00370. The lowest BCUT2D eigenvalue weighted by molar-refractivity contribution is -0.140. The van der Waals surface area contributed by atoms with E-state index in [1.165, 1.54) is 12.1 Å². The standard InChI is InChI=1S/C14H16ClNO6S/c1-2-22-14(19)9-6-10(15)8-11(7-9)23(20,21)16-5-3-4-12(16)13(17)18/h6-8,12H,2-5H2,1H3,(H,17,18)/t12-/m0/s1. The molecular weight excluding hydrogens is 346 g/mol. The Morgan fingerprint density at radius 3 is 2.70 bits per heavy atom. The van der Waals surface area contributed by atoms with E-state index in [1.54, 1.807) is 6.92 Å². The molecule has 2 rings (SSSR count). The second kappa shape index (κ2) is 6.86. The minimum Gasteiger partial charge on any atom is -0.480 e. The van der Waals surface area contributed by atoms with E-state index in [4.69, 9.17) is 21.4 Å². The minimum atomic E-state index is -4.07. The molecule has 0 saturated carbocycles. The first-order valence-electron chi connectivity index (χ1n) is 6.99. The molecule has 126 valence electrons. The van der Waals surface area contributed by atoms with E-state index in [1.807, 2.05) is 0 Å². The van der Waals surface area contributed by atoms with Gasteiger partial charge in [-0.15, -0.1) is 0 Å². The Kier molecular flexibility index (Phi) is 5.28. The molecule has 0 bridgehead atoms. The second-order valence-electron chi connectivity index (χ2n) is 5.01. The zero-order valence-corrected chi connectivity index (χ0v) is 13.9. The van der Waals surface area contributed by atoms with Crippen LogP contribution in [0.25, 0.3) is 0 Å². The molecule has 1 heterocycles. The molecule has 1 aromatic rings. The fourth-order valence-electron chi connectivity index (χ4n) is 2.45. The van der Waals surface area contributed by atoms with Gasteiger partial charge in [0.25, 0.3) is 0 Å². The van der Waals surface area contributed by atoms with Crippen molar-refractivity contribution >= 4 is 33.6 Å². The molecule has 1 aliphatic heterocycles. The molecule has 1 fully saturated rings. The second-order valence-corrected chi connectivity index (χ2v) is 7.34. The van der Waals surface area contributed by atoms with Crippen LogP contribution in [0.1, 0.15) is 30.1 Å². The molecule has 0 radical (unpaired) electrons. The maximum Gasteiger partial charge on any atom is 0.338 e. The third kappa shape index (κ3) is 3.65. The molecule has 0 aromatic heterocycles. The van der Waals surface area contributed by atoms with Gasteiger partial charge >= 0.3 is 11.9 Å². The van der Waals surface area contributed by atoms with Crippen molar-refractivity contribution in [2.24, 2.45) is 0 Å². The highest BCUT2D eigenvalue weighted by Crippen LogP contribution is 2.28. The van der Waals surface area contributed by atoms with E-state index in [2.05, 4.69) is 0 Å². The summed E-state index contributed by atoms with van der Waals surface area (Å²) in [6.45, 7) is 1.88. The van der Waals surface area contributed by atoms with Crippen LogP contribution in [0.5, 0.6) is 0 Å². The summed E-state index contributed by atoms with van der Waals surface area (Å²) < 4.78 is 31.1. The predicted molar refractivity (Wildman–Crippen MR) is 82.0 cm³/mol. The molecule has 1 saturated heterocycles. The number of hydrogen-bond donors (Lipinski definition) is 1. The van der Waals surface area contributed by atoms with Crippen molar-refractivity contribution in [3.63, 3.8) is 0 Å². The SMILES string of the molecule is CCOC(=O)c1cc(Cl)cc(S(=O)(=O)N2CCC[C@H]2C(=O)O)c1. The average molecular weight is 362 g/mol. The first-order valence-corrected chi connectivity index (χ1v) is 8.81. The number of carboxylic acids is 1. The smallest absolute Gasteiger partial charge is 0.338 e. The number of benzene rings is 1. The van der Waals surface area contributed by atoms with Crippen LogP contribution in [0.15, 0.2) is 23.1 Å². The van der Waals surface area contributed by atoms with Gasteiger partial charge in [0.15, 0.2) is 0 Å². The topological polar surface area (TPSA) is 101 Å². The van der Waals surface area contributed by atoms with Crippen molar-refractivity contribution in [2.75, 3.05) is 13.2 Å². The number of nitrogens with zero attached hydrogens (tertiary/aromatic N) is 1. The number of esters is 1. The molecule has 0 spiro atoms. The summed E-state index contributed by atoms with van der Waals surface area (Å²) in [7, 11) is -4.07. The third-order valence-electron chi connectivity index (χ3n) is 3.48. The van der Waals surface area contributed by atoms with Crippen LogP contribution in [0.3, 0.4) is 0 Å². The fraction of sp³-hybridized carbons (Fsp3) is 0.429. The first kappa shape index (κ1) is 17.7. The molecule has 0 aliphatic carbocycles. The highest BCUT2D eigenvalue weighted by molar-refractivity contribution is 7.89. The van der Waals surface area contributed by atoms with Crippen LogP contribution in [-0.2, 0) is 19.6 Å². The summed E-state index contributed by atoms with van der Waals surface area (Å²) in [5.74, 6) is -1.89. The third-order valence-corrected chi connectivity index (χ3v) is 5.58. The lowest BCUT2D eigenvalue weighted by Crippen LogP contribution is -2.40. The molecule has 1 atom stereocenters. The highest BCUT2D eigenvalue weighted by Gasteiger charge is 2.39. The molecule has 0 amide bonds. The fourth-order valence-corrected chi connectivity index (χ4v) is 4.48. The monoisotopic (exact) mass is 361 g/mol. The van der Waals surface area contributed by atoms with Gasteiger partial charge < -0.3 is 9.84 Å². The predicted octanol–water partition coefficient (Wildman–Crippen LogP) is 1.75. The Bertz CT molecular complexity index is 733. The molecule has 1 N–H and O–H groups in total. The van der Waals surface area contributed by atoms with Gasteiger partial charge in [-0.2, -0.15) is 4.31 Å². The van der Waals surface area contributed by atoms with E-state index in [0.717, 1.165) is 10.4 Å². The number of carbonyl (C=O) groups excluding carboxylic acids is 1. The zero-order chi connectivity index (χ0) is 17.2. The highest BCUT2D eigenvalue weighted by atomic mass is 35.5. The van der Waals surface area contributed by atoms with E-state index < -0.39 is 28.0 Å². The quantitative estimate of drug-likeness (QED) is 0.802. The zero-order valence-electron chi connectivity index (χ0n) is 12.4. The van der Waals surface area contributed by atoms with Gasteiger partial charge in [-0.1, -0.05) is 11.6 Å². The van der Waals surface area contributed by atoms with Gasteiger partial charge in [0.1, 0.15) is 6.04 Å². The molecule has 23 heavy (non-hydrogen) atoms. The molecule has 1 aromatic carbocycles. The number of ether oxygens (including phenoxy) is 1. The van der Waals surface area contributed by atoms with Gasteiger partial charge in [0.2, 0.25) is 10.0 Å². The number of carbonyl (C=O) groups is 2. The van der Waals surface area contributed by atoms with E-state index >= 15 is 0 Å². The lowest BCUT2D eigenvalue weighted by atomic mass is 10.2. The normalized spacial score (nSPS) is 18.8. The average Bonchev–Trinajstić information content (AvgIpc) is 2.97. The molecule has 7 nitrogen and oxygen atoms in total. The van der Waals surface area contributed by atoms with Gasteiger partial charge in [-0.25, -0.2) is 13.2 Å². The van der Waals surface area contributed by atoms with Crippen LogP contribution in [0.4, 0.5) is 0 Å². The van der Waals surface area contributed by atoms with Crippen molar-refractivity contribution in [3.05, 3.63) is 28.8 Å². The maximum atomic E-state index is 12.7. The molecular formula is C14H16ClNO6S. The number of hydrogen-bond acceptors (Lipinski definition) is 5. The summed E-state index contributed by atoms with van der Waals surface area (Å²) >= 11 is 5.90. The van der Waals surface area contributed by atoms with Gasteiger partial charge in [0, 0.05) is 11.6 Å². The van der Waals surface area contributed by atoms with Gasteiger partial charge in [-0.3, -0.25) is 4.79 Å². The van der Waals surface area contributed by atoms with Crippen molar-refractivity contribution in [1.82, 2.24) is 4.31 Å². The van der Waals surface area contributed by atoms with Crippen molar-refractivity contribution < 1.29 is 27.9 Å². The van der Waals surface area contributed by atoms with Crippen LogP contribution in [-0.4, -0.2) is 49.0 Å². The van der Waals surface area contributed by atoms with Gasteiger partial charge in [-0.05, 0) is 38.0 Å². The number of aliphatic carboxylic acids is 1. The van der Waals surface area contributed by atoms with Crippen molar-refractivity contribution in [2.45, 2.75) is 30.7 Å². The van der Waals surface area contributed by atoms with Gasteiger partial charge in [0.05, 0.1) is 17.1 Å². The Morgan fingerprint density at radius 1 is 1.39 bits per heavy atom. The van der Waals surface area contributed by atoms with Crippen LogP contribution in [0.2, 0.25) is 5.02 Å². The molecule has 0 unspecified atom stereocenters. The summed E-state index contributed by atoms with van der Waals surface area (Å²) in [6.07, 6.45) is 0.710. The number of rotatable bonds is 5. The molecule has 1 aliphatic rings. The lowest BCUT2D eigenvalue weighted by Gasteiger charge is -2.21. The summed E-state index contributed by atoms with van der Waals surface area (Å²) in [4.78, 5) is 22.8. The van der Waals surface area contributed by atoms with Crippen LogP contribution < -0.4 is 0 Å². The minimum absolute atomic E-state index is 0.00370. The Balaban J connectivity index is 2.44. The van der Waals surface area contributed by atoms with E-state index in [0.29, 0.717) is 6.42 Å². The maximum absolute atomic E-state index is 12.7. The van der Waals surface area contributed by atoms with Crippen LogP contribution in [0, 0.1) is 0 Å². The number of carboxylic acid groups (broad SMARTS) is 1. The van der Waals surface area contributed by atoms with Crippen molar-refractivity contribution in [3.8, 4) is 0 Å². The Morgan fingerprint density at radius 2 is 2.09 bits per heavy atom. The largest absolute Gasteiger partial charge is 0.480 e. The Labute approximate surface area is 138 Å². The number of sulfonamides is 1. The van der Waals surface area contributed by atoms with Crippen molar-refractivity contribution in [1.29, 1.82) is 0 Å². The van der Waals surface area contributed by atoms with Crippen LogP contribution >= 0.6 is 11.6 Å². The number of halogens is 1. The first-order chi connectivity index (χ1) is 10.8. The summed E-state index contributed by atoms with van der Waals surface area (Å²) in [6, 6.07) is 2.54.